The van der Waals surface area contributed by atoms with Crippen LogP contribution in [-0.2, 0) is 4.74 Å². The average molecular weight is 269 g/mol. The summed E-state index contributed by atoms with van der Waals surface area (Å²) in [5, 5.41) is 2.13. The second-order valence-electron chi connectivity index (χ2n) is 5.32. The molecule has 1 atom stereocenters. The fourth-order valence-corrected chi connectivity index (χ4v) is 3.77. The van der Waals surface area contributed by atoms with Crippen LogP contribution in [0.2, 0.25) is 0 Å². The number of hydrogen-bond donors (Lipinski definition) is 2. The minimum atomic E-state index is -0.0197. The first-order valence-corrected chi connectivity index (χ1v) is 7.28. The molecule has 2 heterocycles. The molecule has 1 saturated heterocycles. The van der Waals surface area contributed by atoms with E-state index in [-0.39, 0.29) is 11.6 Å². The first-order valence-electron chi connectivity index (χ1n) is 6.40. The fraction of sp³-hybridized carbons (Fsp3) is 0.692. The van der Waals surface area contributed by atoms with Crippen LogP contribution in [0.5, 0.6) is 0 Å². The first kappa shape index (κ1) is 14.0. The Morgan fingerprint density at radius 1 is 1.44 bits per heavy atom. The van der Waals surface area contributed by atoms with Gasteiger partial charge < -0.3 is 4.74 Å². The van der Waals surface area contributed by atoms with E-state index in [1.54, 1.807) is 11.3 Å². The van der Waals surface area contributed by atoms with Crippen molar-refractivity contribution in [2.24, 2.45) is 5.84 Å². The van der Waals surface area contributed by atoms with Crippen molar-refractivity contribution in [1.82, 2.24) is 10.3 Å². The molecule has 0 aliphatic carbocycles. The molecule has 0 bridgehead atoms. The molecule has 4 nitrogen and oxygen atoms in total. The summed E-state index contributed by atoms with van der Waals surface area (Å²) >= 11 is 1.77. The summed E-state index contributed by atoms with van der Waals surface area (Å²) in [6.45, 7) is 10.2. The quantitative estimate of drug-likeness (QED) is 0.645. The Morgan fingerprint density at radius 3 is 2.61 bits per heavy atom. The van der Waals surface area contributed by atoms with Gasteiger partial charge in [0.15, 0.2) is 0 Å². The number of rotatable bonds is 4. The Bertz CT molecular complexity index is 385. The van der Waals surface area contributed by atoms with E-state index in [1.165, 1.54) is 10.4 Å². The largest absolute Gasteiger partial charge is 0.379 e. The Kier molecular flexibility index (Phi) is 4.40. The third-order valence-corrected chi connectivity index (χ3v) is 4.95. The van der Waals surface area contributed by atoms with Crippen LogP contribution < -0.4 is 11.3 Å². The number of thiophene rings is 1. The molecule has 1 unspecified atom stereocenters. The lowest BCUT2D eigenvalue weighted by atomic mass is 9.90. The van der Waals surface area contributed by atoms with E-state index in [4.69, 9.17) is 10.6 Å². The molecule has 1 fully saturated rings. The lowest BCUT2D eigenvalue weighted by molar-refractivity contribution is -0.0234. The standard InChI is InChI=1S/C13H23N3OS/c1-10-4-9-18-11(10)12(15-14)13(2,3)16-5-7-17-8-6-16/h4,9,12,15H,5-8,14H2,1-3H3. The zero-order valence-electron chi connectivity index (χ0n) is 11.4. The van der Waals surface area contributed by atoms with Crippen LogP contribution in [0.15, 0.2) is 11.4 Å². The van der Waals surface area contributed by atoms with Crippen LogP contribution in [0.3, 0.4) is 0 Å². The molecule has 0 spiro atoms. The number of nitrogens with two attached hydrogens (primary N) is 1. The van der Waals surface area contributed by atoms with Gasteiger partial charge in [-0.05, 0) is 37.8 Å². The Hall–Kier alpha value is -0.460. The lowest BCUT2D eigenvalue weighted by Crippen LogP contribution is -2.57. The Morgan fingerprint density at radius 2 is 2.11 bits per heavy atom. The van der Waals surface area contributed by atoms with Crippen molar-refractivity contribution in [2.75, 3.05) is 26.3 Å². The molecule has 18 heavy (non-hydrogen) atoms. The molecule has 1 aliphatic rings. The summed E-state index contributed by atoms with van der Waals surface area (Å²) in [7, 11) is 0. The zero-order chi connectivity index (χ0) is 13.2. The zero-order valence-corrected chi connectivity index (χ0v) is 12.2. The van der Waals surface area contributed by atoms with Crippen LogP contribution in [0.25, 0.3) is 0 Å². The highest BCUT2D eigenvalue weighted by molar-refractivity contribution is 7.10. The van der Waals surface area contributed by atoms with Crippen LogP contribution in [-0.4, -0.2) is 36.7 Å². The Balaban J connectivity index is 2.22. The minimum Gasteiger partial charge on any atom is -0.379 e. The molecule has 0 saturated carbocycles. The summed E-state index contributed by atoms with van der Waals surface area (Å²) in [6, 6.07) is 2.30. The monoisotopic (exact) mass is 269 g/mol. The van der Waals surface area contributed by atoms with Gasteiger partial charge in [0.1, 0.15) is 0 Å². The fourth-order valence-electron chi connectivity index (χ4n) is 2.60. The lowest BCUT2D eigenvalue weighted by Gasteiger charge is -2.45. The van der Waals surface area contributed by atoms with Gasteiger partial charge in [-0.1, -0.05) is 0 Å². The summed E-state index contributed by atoms with van der Waals surface area (Å²) in [5.41, 5.74) is 4.30. The maximum Gasteiger partial charge on any atom is 0.0734 e. The van der Waals surface area contributed by atoms with Crippen molar-refractivity contribution in [3.63, 3.8) is 0 Å². The SMILES string of the molecule is Cc1ccsc1C(NN)C(C)(C)N1CCOCC1. The number of aryl methyl sites for hydroxylation is 1. The van der Waals surface area contributed by atoms with E-state index in [0.29, 0.717) is 0 Å². The van der Waals surface area contributed by atoms with Crippen LogP contribution >= 0.6 is 11.3 Å². The molecular formula is C13H23N3OS. The van der Waals surface area contributed by atoms with Gasteiger partial charge in [0.25, 0.3) is 0 Å². The molecular weight excluding hydrogens is 246 g/mol. The highest BCUT2D eigenvalue weighted by Gasteiger charge is 2.37. The number of morpholine rings is 1. The van der Waals surface area contributed by atoms with Crippen molar-refractivity contribution < 1.29 is 4.74 Å². The van der Waals surface area contributed by atoms with Crippen LogP contribution in [0.1, 0.15) is 30.3 Å². The van der Waals surface area contributed by atoms with Gasteiger partial charge in [-0.2, -0.15) is 0 Å². The van der Waals surface area contributed by atoms with E-state index in [0.717, 1.165) is 26.3 Å². The third-order valence-electron chi connectivity index (χ3n) is 3.86. The summed E-state index contributed by atoms with van der Waals surface area (Å²) in [5.74, 6) is 5.82. The molecule has 102 valence electrons. The molecule has 1 aromatic heterocycles. The highest BCUT2D eigenvalue weighted by atomic mass is 32.1. The number of nitrogens with zero attached hydrogens (tertiary/aromatic N) is 1. The number of nitrogens with one attached hydrogen (secondary N) is 1. The van der Waals surface area contributed by atoms with Crippen molar-refractivity contribution in [3.05, 3.63) is 21.9 Å². The van der Waals surface area contributed by atoms with E-state index < -0.39 is 0 Å². The van der Waals surface area contributed by atoms with Crippen molar-refractivity contribution in [1.29, 1.82) is 0 Å². The third kappa shape index (κ3) is 2.60. The minimum absolute atomic E-state index is 0.0197. The maximum absolute atomic E-state index is 5.82. The molecule has 1 aliphatic heterocycles. The maximum atomic E-state index is 5.82. The predicted molar refractivity (Wildman–Crippen MR) is 75.6 cm³/mol. The van der Waals surface area contributed by atoms with Gasteiger partial charge in [0.2, 0.25) is 0 Å². The average Bonchev–Trinajstić information content (AvgIpc) is 2.78. The van der Waals surface area contributed by atoms with Gasteiger partial charge in [-0.15, -0.1) is 11.3 Å². The smallest absolute Gasteiger partial charge is 0.0734 e. The van der Waals surface area contributed by atoms with Gasteiger partial charge in [0, 0.05) is 23.5 Å². The summed E-state index contributed by atoms with van der Waals surface area (Å²) in [4.78, 5) is 3.79. The normalized spacial score (nSPS) is 20.0. The number of hydrazine groups is 1. The van der Waals surface area contributed by atoms with E-state index >= 15 is 0 Å². The summed E-state index contributed by atoms with van der Waals surface area (Å²) < 4.78 is 5.43. The van der Waals surface area contributed by atoms with E-state index in [2.05, 4.69) is 42.5 Å². The van der Waals surface area contributed by atoms with Gasteiger partial charge in [0.05, 0.1) is 19.3 Å². The first-order chi connectivity index (χ1) is 8.57. The van der Waals surface area contributed by atoms with Crippen molar-refractivity contribution in [3.8, 4) is 0 Å². The van der Waals surface area contributed by atoms with E-state index in [1.807, 2.05) is 0 Å². The number of ether oxygens (including phenoxy) is 1. The van der Waals surface area contributed by atoms with Gasteiger partial charge in [-0.25, -0.2) is 0 Å². The van der Waals surface area contributed by atoms with Crippen molar-refractivity contribution >= 4 is 11.3 Å². The molecule has 5 heteroatoms. The molecule has 3 N–H and O–H groups in total. The summed E-state index contributed by atoms with van der Waals surface area (Å²) in [6.07, 6.45) is 0. The second-order valence-corrected chi connectivity index (χ2v) is 6.27. The molecule has 0 aromatic carbocycles. The second kappa shape index (κ2) is 5.67. The van der Waals surface area contributed by atoms with Gasteiger partial charge in [-0.3, -0.25) is 16.2 Å². The molecule has 0 amide bonds. The van der Waals surface area contributed by atoms with E-state index in [9.17, 15) is 0 Å². The molecule has 1 aromatic rings. The molecule has 0 radical (unpaired) electrons. The van der Waals surface area contributed by atoms with Crippen LogP contribution in [0, 0.1) is 6.92 Å². The van der Waals surface area contributed by atoms with Crippen LogP contribution in [0.4, 0.5) is 0 Å². The van der Waals surface area contributed by atoms with Gasteiger partial charge >= 0.3 is 0 Å². The number of hydrogen-bond acceptors (Lipinski definition) is 5. The topological polar surface area (TPSA) is 50.5 Å². The highest BCUT2D eigenvalue weighted by Crippen LogP contribution is 2.35. The molecule has 2 rings (SSSR count). The predicted octanol–water partition coefficient (Wildman–Crippen LogP) is 1.67. The van der Waals surface area contributed by atoms with Crippen molar-refractivity contribution in [2.45, 2.75) is 32.4 Å². The Labute approximate surface area is 113 Å².